The highest BCUT2D eigenvalue weighted by atomic mass is 79.9. The van der Waals surface area contributed by atoms with Crippen LogP contribution in [0.15, 0.2) is 24.3 Å². The first-order chi connectivity index (χ1) is 7.54. The number of methoxy groups -OCH3 is 1. The average molecular weight is 286 g/mol. The molecule has 0 saturated carbocycles. The van der Waals surface area contributed by atoms with Crippen LogP contribution in [0.2, 0.25) is 0 Å². The number of rotatable bonds is 4. The molecular weight excluding hydrogens is 270 g/mol. The summed E-state index contributed by atoms with van der Waals surface area (Å²) in [5.74, 6) is 0.805. The van der Waals surface area contributed by atoms with Gasteiger partial charge in [-0.25, -0.2) is 0 Å². The molecule has 0 aliphatic carbocycles. The van der Waals surface area contributed by atoms with Crippen LogP contribution in [-0.4, -0.2) is 17.8 Å². The zero-order valence-electron chi connectivity index (χ0n) is 9.66. The Morgan fingerprint density at radius 2 is 1.88 bits per heavy atom. The number of hydrogen-bond acceptors (Lipinski definition) is 2. The topological polar surface area (TPSA) is 38.3 Å². The quantitative estimate of drug-likeness (QED) is 0.864. The van der Waals surface area contributed by atoms with Gasteiger partial charge in [0.05, 0.1) is 18.0 Å². The van der Waals surface area contributed by atoms with Gasteiger partial charge >= 0.3 is 0 Å². The molecule has 0 heterocycles. The minimum Gasteiger partial charge on any atom is -0.497 e. The predicted octanol–water partition coefficient (Wildman–Crippen LogP) is 2.66. The third-order valence-corrected chi connectivity index (χ3v) is 2.75. The maximum atomic E-state index is 11.5. The minimum absolute atomic E-state index is 0.00148. The van der Waals surface area contributed by atoms with Gasteiger partial charge in [-0.1, -0.05) is 28.1 Å². The molecule has 0 fully saturated rings. The van der Waals surface area contributed by atoms with E-state index in [2.05, 4.69) is 21.2 Å². The van der Waals surface area contributed by atoms with Gasteiger partial charge in [0, 0.05) is 0 Å². The maximum absolute atomic E-state index is 11.5. The summed E-state index contributed by atoms with van der Waals surface area (Å²) >= 11 is 3.23. The number of alkyl halides is 1. The lowest BCUT2D eigenvalue weighted by molar-refractivity contribution is -0.120. The van der Waals surface area contributed by atoms with E-state index in [-0.39, 0.29) is 16.8 Å². The molecule has 1 aromatic carbocycles. The average Bonchev–Trinajstić information content (AvgIpc) is 2.28. The summed E-state index contributed by atoms with van der Waals surface area (Å²) in [5, 5.41) is 2.91. The highest BCUT2D eigenvalue weighted by Crippen LogP contribution is 2.17. The van der Waals surface area contributed by atoms with Crippen LogP contribution in [0.1, 0.15) is 25.5 Å². The summed E-state index contributed by atoms with van der Waals surface area (Å²) in [7, 11) is 1.63. The molecule has 1 rings (SSSR count). The highest BCUT2D eigenvalue weighted by Gasteiger charge is 2.13. The van der Waals surface area contributed by atoms with Gasteiger partial charge in [0.2, 0.25) is 5.91 Å². The van der Waals surface area contributed by atoms with Crippen LogP contribution in [-0.2, 0) is 4.79 Å². The van der Waals surface area contributed by atoms with E-state index in [1.807, 2.05) is 31.2 Å². The van der Waals surface area contributed by atoms with Crippen molar-refractivity contribution in [3.8, 4) is 5.75 Å². The molecular formula is C12H16BrNO2. The van der Waals surface area contributed by atoms with Gasteiger partial charge in [-0.3, -0.25) is 4.79 Å². The van der Waals surface area contributed by atoms with Gasteiger partial charge in [-0.2, -0.15) is 0 Å². The van der Waals surface area contributed by atoms with Gasteiger partial charge in [-0.15, -0.1) is 0 Å². The molecule has 0 aliphatic rings. The number of halogens is 1. The van der Waals surface area contributed by atoms with Crippen molar-refractivity contribution in [1.29, 1.82) is 0 Å². The fourth-order valence-corrected chi connectivity index (χ4v) is 1.44. The van der Waals surface area contributed by atoms with Gasteiger partial charge in [0.25, 0.3) is 0 Å². The van der Waals surface area contributed by atoms with Crippen molar-refractivity contribution in [1.82, 2.24) is 5.32 Å². The Morgan fingerprint density at radius 3 is 2.31 bits per heavy atom. The number of benzene rings is 1. The SMILES string of the molecule is COc1ccc([C@@H](C)NC(=O)[C@H](C)Br)cc1. The van der Waals surface area contributed by atoms with E-state index in [1.165, 1.54) is 0 Å². The normalized spacial score (nSPS) is 14.0. The van der Waals surface area contributed by atoms with Crippen molar-refractivity contribution in [3.63, 3.8) is 0 Å². The van der Waals surface area contributed by atoms with E-state index < -0.39 is 0 Å². The molecule has 88 valence electrons. The second kappa shape index (κ2) is 5.89. The zero-order valence-corrected chi connectivity index (χ0v) is 11.2. The molecule has 0 saturated heterocycles. The van der Waals surface area contributed by atoms with Crippen molar-refractivity contribution in [3.05, 3.63) is 29.8 Å². The van der Waals surface area contributed by atoms with E-state index in [4.69, 9.17) is 4.74 Å². The second-order valence-corrected chi connectivity index (χ2v) is 4.99. The molecule has 1 aromatic rings. The van der Waals surface area contributed by atoms with Crippen LogP contribution in [0.4, 0.5) is 0 Å². The molecule has 1 N–H and O–H groups in total. The minimum atomic E-state index is -0.173. The number of hydrogen-bond donors (Lipinski definition) is 1. The van der Waals surface area contributed by atoms with E-state index in [0.717, 1.165) is 11.3 Å². The molecule has 0 aliphatic heterocycles. The molecule has 0 aromatic heterocycles. The maximum Gasteiger partial charge on any atom is 0.233 e. The first kappa shape index (κ1) is 13.0. The summed E-state index contributed by atoms with van der Waals surface area (Å²) in [4.78, 5) is 11.3. The fraction of sp³-hybridized carbons (Fsp3) is 0.417. The number of amides is 1. The molecule has 16 heavy (non-hydrogen) atoms. The van der Waals surface area contributed by atoms with Crippen molar-refractivity contribution in [2.24, 2.45) is 0 Å². The summed E-state index contributed by atoms with van der Waals surface area (Å²) in [5.41, 5.74) is 1.06. The molecule has 0 bridgehead atoms. The van der Waals surface area contributed by atoms with Crippen LogP contribution >= 0.6 is 15.9 Å². The standard InChI is InChI=1S/C12H16BrNO2/c1-8(13)12(15)14-9(2)10-4-6-11(16-3)7-5-10/h4-9H,1-3H3,(H,14,15)/t8-,9+/m0/s1. The van der Waals surface area contributed by atoms with E-state index in [0.29, 0.717) is 0 Å². The van der Waals surface area contributed by atoms with Crippen LogP contribution in [0, 0.1) is 0 Å². The van der Waals surface area contributed by atoms with Crippen molar-refractivity contribution < 1.29 is 9.53 Å². The summed E-state index contributed by atoms with van der Waals surface area (Å²) < 4.78 is 5.07. The van der Waals surface area contributed by atoms with Crippen LogP contribution in [0.5, 0.6) is 5.75 Å². The summed E-state index contributed by atoms with van der Waals surface area (Å²) in [6, 6.07) is 7.66. The van der Waals surface area contributed by atoms with Crippen LogP contribution in [0.3, 0.4) is 0 Å². The highest BCUT2D eigenvalue weighted by molar-refractivity contribution is 9.10. The van der Waals surface area contributed by atoms with Crippen LogP contribution in [0.25, 0.3) is 0 Å². The number of ether oxygens (including phenoxy) is 1. The molecule has 1 amide bonds. The molecule has 0 unspecified atom stereocenters. The molecule has 3 nitrogen and oxygen atoms in total. The Hall–Kier alpha value is -1.03. The largest absolute Gasteiger partial charge is 0.497 e. The predicted molar refractivity (Wildman–Crippen MR) is 67.9 cm³/mol. The summed E-state index contributed by atoms with van der Waals surface area (Å²) in [6.45, 7) is 3.76. The van der Waals surface area contributed by atoms with Gasteiger partial charge < -0.3 is 10.1 Å². The number of carbonyl (C=O) groups excluding carboxylic acids is 1. The molecule has 0 radical (unpaired) electrons. The first-order valence-corrected chi connectivity index (χ1v) is 6.04. The van der Waals surface area contributed by atoms with Crippen molar-refractivity contribution in [2.75, 3.05) is 7.11 Å². The number of nitrogens with one attached hydrogen (secondary N) is 1. The Balaban J connectivity index is 2.65. The lowest BCUT2D eigenvalue weighted by atomic mass is 10.1. The Morgan fingerprint density at radius 1 is 1.31 bits per heavy atom. The van der Waals surface area contributed by atoms with E-state index in [1.54, 1.807) is 14.0 Å². The second-order valence-electron chi connectivity index (χ2n) is 3.62. The molecule has 0 spiro atoms. The van der Waals surface area contributed by atoms with Gasteiger partial charge in [0.15, 0.2) is 0 Å². The van der Waals surface area contributed by atoms with Crippen molar-refractivity contribution in [2.45, 2.75) is 24.7 Å². The fourth-order valence-electron chi connectivity index (χ4n) is 1.30. The molecule has 4 heteroatoms. The Kier molecular flexibility index (Phi) is 4.80. The Labute approximate surface area is 104 Å². The lowest BCUT2D eigenvalue weighted by Crippen LogP contribution is -2.31. The van der Waals surface area contributed by atoms with Gasteiger partial charge in [0.1, 0.15) is 5.75 Å². The summed E-state index contributed by atoms with van der Waals surface area (Å²) in [6.07, 6.45) is 0. The number of carbonyl (C=O) groups is 1. The van der Waals surface area contributed by atoms with E-state index in [9.17, 15) is 4.79 Å². The van der Waals surface area contributed by atoms with E-state index >= 15 is 0 Å². The van der Waals surface area contributed by atoms with Crippen molar-refractivity contribution >= 4 is 21.8 Å². The first-order valence-electron chi connectivity index (χ1n) is 5.13. The Bertz CT molecular complexity index is 349. The van der Waals surface area contributed by atoms with Gasteiger partial charge in [-0.05, 0) is 31.5 Å². The smallest absolute Gasteiger partial charge is 0.233 e. The zero-order chi connectivity index (χ0) is 12.1. The third kappa shape index (κ3) is 3.52. The molecule has 2 atom stereocenters. The third-order valence-electron chi connectivity index (χ3n) is 2.34. The van der Waals surface area contributed by atoms with Crippen LogP contribution < -0.4 is 10.1 Å². The monoisotopic (exact) mass is 285 g/mol. The lowest BCUT2D eigenvalue weighted by Gasteiger charge is -2.15.